The molecule has 0 atom stereocenters. The average molecular weight is 347 g/mol. The minimum absolute atomic E-state index is 0.156. The quantitative estimate of drug-likeness (QED) is 0.720. The predicted molar refractivity (Wildman–Crippen MR) is 85.0 cm³/mol. The first-order chi connectivity index (χ1) is 12.1. The lowest BCUT2D eigenvalue weighted by atomic mass is 9.78. The van der Waals surface area contributed by atoms with Crippen molar-refractivity contribution >= 4 is 6.03 Å². The third kappa shape index (κ3) is 2.84. The van der Waals surface area contributed by atoms with E-state index >= 15 is 0 Å². The first kappa shape index (κ1) is 15.9. The number of likely N-dealkylation sites (tertiary alicyclic amines) is 1. The third-order valence-electron chi connectivity index (χ3n) is 5.09. The minimum atomic E-state index is -0.779. The summed E-state index contributed by atoms with van der Waals surface area (Å²) < 4.78 is 19.8. The summed E-state index contributed by atoms with van der Waals surface area (Å²) in [5, 5.41) is 7.14. The Morgan fingerprint density at radius 2 is 2.04 bits per heavy atom. The number of hydrogen-bond acceptors (Lipinski definition) is 5. The van der Waals surface area contributed by atoms with Gasteiger partial charge < -0.3 is 9.64 Å². The highest BCUT2D eigenvalue weighted by Crippen LogP contribution is 2.39. The average Bonchev–Trinajstić information content (AvgIpc) is 3.22. The summed E-state index contributed by atoms with van der Waals surface area (Å²) in [5.41, 5.74) is -0.359. The Morgan fingerprint density at radius 3 is 2.72 bits per heavy atom. The Morgan fingerprint density at radius 1 is 1.24 bits per heavy atom. The molecule has 2 aromatic rings. The first-order valence-corrected chi connectivity index (χ1v) is 8.26. The SMILES string of the molecule is O=C(N1CCC2(CCOC2)CC1)n1c(=O)nnn1-c1cccc(F)c1. The highest BCUT2D eigenvalue weighted by molar-refractivity contribution is 5.76. The van der Waals surface area contributed by atoms with E-state index in [4.69, 9.17) is 4.74 Å². The van der Waals surface area contributed by atoms with Gasteiger partial charge in [0.15, 0.2) is 0 Å². The normalized spacial score (nSPS) is 19.5. The van der Waals surface area contributed by atoms with Crippen molar-refractivity contribution in [1.82, 2.24) is 24.7 Å². The smallest absolute Gasteiger partial charge is 0.381 e. The van der Waals surface area contributed by atoms with E-state index in [1.807, 2.05) is 0 Å². The monoisotopic (exact) mass is 347 g/mol. The first-order valence-electron chi connectivity index (χ1n) is 8.26. The Hall–Kier alpha value is -2.55. The molecule has 2 aliphatic heterocycles. The number of piperidine rings is 1. The minimum Gasteiger partial charge on any atom is -0.381 e. The van der Waals surface area contributed by atoms with Crippen molar-refractivity contribution in [3.8, 4) is 5.69 Å². The molecule has 2 aliphatic rings. The lowest BCUT2D eigenvalue weighted by Gasteiger charge is -2.38. The molecule has 25 heavy (non-hydrogen) atoms. The summed E-state index contributed by atoms with van der Waals surface area (Å²) in [5.74, 6) is -0.486. The fourth-order valence-corrected chi connectivity index (χ4v) is 3.52. The van der Waals surface area contributed by atoms with Gasteiger partial charge in [-0.2, -0.15) is 0 Å². The van der Waals surface area contributed by atoms with Gasteiger partial charge in [0.25, 0.3) is 0 Å². The van der Waals surface area contributed by atoms with Crippen LogP contribution in [0.2, 0.25) is 0 Å². The van der Waals surface area contributed by atoms with Gasteiger partial charge in [-0.15, -0.1) is 9.48 Å². The zero-order valence-corrected chi connectivity index (χ0v) is 13.6. The van der Waals surface area contributed by atoms with E-state index in [2.05, 4.69) is 10.3 Å². The summed E-state index contributed by atoms with van der Waals surface area (Å²) in [6.45, 7) is 2.59. The summed E-state index contributed by atoms with van der Waals surface area (Å²) in [6, 6.07) is 5.02. The van der Waals surface area contributed by atoms with Gasteiger partial charge in [0.2, 0.25) is 0 Å². The third-order valence-corrected chi connectivity index (χ3v) is 5.09. The van der Waals surface area contributed by atoms with Crippen molar-refractivity contribution in [1.29, 1.82) is 0 Å². The highest BCUT2D eigenvalue weighted by Gasteiger charge is 2.39. The molecule has 0 saturated carbocycles. The van der Waals surface area contributed by atoms with Crippen molar-refractivity contribution in [2.45, 2.75) is 19.3 Å². The van der Waals surface area contributed by atoms with Crippen LogP contribution in [0.1, 0.15) is 19.3 Å². The molecule has 1 spiro atoms. The number of hydrogen-bond donors (Lipinski definition) is 0. The summed E-state index contributed by atoms with van der Waals surface area (Å²) in [7, 11) is 0. The predicted octanol–water partition coefficient (Wildman–Crippen LogP) is 1.04. The number of carbonyl (C=O) groups excluding carboxylic acids is 1. The van der Waals surface area contributed by atoms with Gasteiger partial charge in [0, 0.05) is 25.8 Å². The molecular formula is C16H18FN5O3. The van der Waals surface area contributed by atoms with Gasteiger partial charge in [-0.1, -0.05) is 11.2 Å². The molecule has 2 saturated heterocycles. The lowest BCUT2D eigenvalue weighted by Crippen LogP contribution is -2.48. The maximum Gasteiger partial charge on any atom is 0.392 e. The molecule has 3 heterocycles. The molecule has 132 valence electrons. The van der Waals surface area contributed by atoms with E-state index < -0.39 is 17.5 Å². The zero-order chi connectivity index (χ0) is 17.4. The molecule has 0 N–H and O–H groups in total. The van der Waals surface area contributed by atoms with Gasteiger partial charge >= 0.3 is 11.7 Å². The maximum atomic E-state index is 13.5. The van der Waals surface area contributed by atoms with Gasteiger partial charge in [0.1, 0.15) is 5.82 Å². The fraction of sp³-hybridized carbons (Fsp3) is 0.500. The van der Waals surface area contributed by atoms with Crippen LogP contribution in [0.25, 0.3) is 5.69 Å². The number of aromatic nitrogens is 4. The van der Waals surface area contributed by atoms with Crippen molar-refractivity contribution in [2.24, 2.45) is 5.41 Å². The summed E-state index contributed by atoms with van der Waals surface area (Å²) in [4.78, 5) is 27.5. The van der Waals surface area contributed by atoms with Gasteiger partial charge in [-0.05, 0) is 42.0 Å². The summed E-state index contributed by atoms with van der Waals surface area (Å²) >= 11 is 0. The molecule has 2 fully saturated rings. The molecule has 4 rings (SSSR count). The molecule has 0 aliphatic carbocycles. The highest BCUT2D eigenvalue weighted by atomic mass is 19.1. The molecule has 1 amide bonds. The van der Waals surface area contributed by atoms with Crippen LogP contribution < -0.4 is 5.69 Å². The van der Waals surface area contributed by atoms with E-state index in [0.29, 0.717) is 13.1 Å². The molecule has 1 aromatic carbocycles. The Balaban J connectivity index is 1.59. The van der Waals surface area contributed by atoms with Crippen LogP contribution in [0.5, 0.6) is 0 Å². The maximum absolute atomic E-state index is 13.5. The van der Waals surface area contributed by atoms with Crippen LogP contribution in [0, 0.1) is 11.2 Å². The Kier molecular flexibility index (Phi) is 3.87. The second kappa shape index (κ2) is 6.07. The molecule has 0 radical (unpaired) electrons. The number of benzene rings is 1. The van der Waals surface area contributed by atoms with Crippen LogP contribution in [-0.2, 0) is 4.74 Å². The number of ether oxygens (including phenoxy) is 1. The molecule has 8 nitrogen and oxygen atoms in total. The van der Waals surface area contributed by atoms with E-state index in [1.165, 1.54) is 18.2 Å². The number of amides is 1. The van der Waals surface area contributed by atoms with Crippen molar-refractivity contribution in [3.05, 3.63) is 40.6 Å². The lowest BCUT2D eigenvalue weighted by molar-refractivity contribution is 0.0902. The summed E-state index contributed by atoms with van der Waals surface area (Å²) in [6.07, 6.45) is 2.70. The van der Waals surface area contributed by atoms with Crippen LogP contribution in [0.3, 0.4) is 0 Å². The van der Waals surface area contributed by atoms with Gasteiger partial charge in [0.05, 0.1) is 12.3 Å². The standard InChI is InChI=1S/C16H18FN5O3/c17-12-2-1-3-13(10-12)22-19-18-14(23)21(22)15(24)20-7-4-16(5-8-20)6-9-25-11-16/h1-3,10H,4-9,11H2. The Bertz CT molecular complexity index is 845. The second-order valence-corrected chi connectivity index (χ2v) is 6.63. The van der Waals surface area contributed by atoms with E-state index in [9.17, 15) is 14.0 Å². The van der Waals surface area contributed by atoms with Crippen molar-refractivity contribution in [2.75, 3.05) is 26.3 Å². The van der Waals surface area contributed by atoms with Crippen LogP contribution >= 0.6 is 0 Å². The van der Waals surface area contributed by atoms with Crippen LogP contribution in [0.15, 0.2) is 29.1 Å². The van der Waals surface area contributed by atoms with Crippen molar-refractivity contribution in [3.63, 3.8) is 0 Å². The Labute approximate surface area is 142 Å². The number of rotatable bonds is 1. The topological polar surface area (TPSA) is 82.2 Å². The number of nitrogens with zero attached hydrogens (tertiary/aromatic N) is 5. The van der Waals surface area contributed by atoms with Crippen LogP contribution in [0.4, 0.5) is 9.18 Å². The number of carbonyl (C=O) groups is 1. The van der Waals surface area contributed by atoms with Gasteiger partial charge in [-0.25, -0.2) is 14.0 Å². The molecule has 0 bridgehead atoms. The molecule has 0 unspecified atom stereocenters. The second-order valence-electron chi connectivity index (χ2n) is 6.63. The van der Waals surface area contributed by atoms with E-state index in [1.54, 1.807) is 11.0 Å². The van der Waals surface area contributed by atoms with E-state index in [0.717, 1.165) is 42.0 Å². The fourth-order valence-electron chi connectivity index (χ4n) is 3.52. The number of halogens is 1. The molecule has 9 heteroatoms. The van der Waals surface area contributed by atoms with Gasteiger partial charge in [-0.3, -0.25) is 0 Å². The zero-order valence-electron chi connectivity index (χ0n) is 13.6. The van der Waals surface area contributed by atoms with E-state index in [-0.39, 0.29) is 11.1 Å². The van der Waals surface area contributed by atoms with Crippen molar-refractivity contribution < 1.29 is 13.9 Å². The number of tetrazole rings is 1. The van der Waals surface area contributed by atoms with Crippen LogP contribution in [-0.4, -0.2) is 57.0 Å². The largest absolute Gasteiger partial charge is 0.392 e. The molecule has 1 aromatic heterocycles. The molecular weight excluding hydrogens is 329 g/mol.